The fourth-order valence-corrected chi connectivity index (χ4v) is 2.67. The van der Waals surface area contributed by atoms with Crippen LogP contribution in [-0.4, -0.2) is 27.0 Å². The Morgan fingerprint density at radius 1 is 1.32 bits per heavy atom. The molecule has 3 rings (SSSR count). The monoisotopic (exact) mass is 356 g/mol. The van der Waals surface area contributed by atoms with Crippen LogP contribution in [0.3, 0.4) is 0 Å². The molecule has 1 amide bonds. The van der Waals surface area contributed by atoms with Crippen LogP contribution >= 0.6 is 11.6 Å². The van der Waals surface area contributed by atoms with E-state index in [2.05, 4.69) is 9.97 Å². The highest BCUT2D eigenvalue weighted by Gasteiger charge is 2.11. The van der Waals surface area contributed by atoms with Crippen LogP contribution in [0.15, 0.2) is 49.1 Å². The van der Waals surface area contributed by atoms with E-state index in [1.807, 2.05) is 37.3 Å². The molecule has 6 nitrogen and oxygen atoms in total. The Hall–Kier alpha value is -2.86. The maximum absolute atomic E-state index is 11.2. The van der Waals surface area contributed by atoms with Gasteiger partial charge < -0.3 is 15.0 Å². The minimum Gasteiger partial charge on any atom is -0.478 e. The first-order chi connectivity index (χ1) is 12.1. The number of primary amides is 1. The van der Waals surface area contributed by atoms with Gasteiger partial charge in [0.1, 0.15) is 5.69 Å². The number of imidazole rings is 1. The summed E-state index contributed by atoms with van der Waals surface area (Å²) in [4.78, 5) is 19.6. The van der Waals surface area contributed by atoms with E-state index in [9.17, 15) is 4.79 Å². The fraction of sp³-hybridized carbons (Fsp3) is 0.167. The summed E-state index contributed by atoms with van der Waals surface area (Å²) in [5, 5.41) is 0.645. The van der Waals surface area contributed by atoms with Crippen molar-refractivity contribution in [2.75, 3.05) is 6.61 Å². The molecule has 1 aromatic carbocycles. The molecule has 0 aliphatic carbocycles. The molecule has 0 spiro atoms. The van der Waals surface area contributed by atoms with Crippen molar-refractivity contribution < 1.29 is 9.53 Å². The molecule has 2 heterocycles. The van der Waals surface area contributed by atoms with Crippen molar-refractivity contribution in [3.8, 4) is 17.0 Å². The Balaban J connectivity index is 1.95. The van der Waals surface area contributed by atoms with Crippen LogP contribution < -0.4 is 10.5 Å². The predicted octanol–water partition coefficient (Wildman–Crippen LogP) is 3.14. The number of ether oxygens (including phenoxy) is 1. The standard InChI is InChI=1S/C18H17ClN4O2/c1-2-25-18-15(13-4-3-5-14(19)7-13)6-12(8-21-18)9-23-10-16(17(20)24)22-11-23/h3-8,10-11H,2,9H2,1H3,(H2,20,24). The summed E-state index contributed by atoms with van der Waals surface area (Å²) in [6.07, 6.45) is 4.91. The second-order valence-electron chi connectivity index (χ2n) is 5.44. The molecule has 7 heteroatoms. The molecule has 25 heavy (non-hydrogen) atoms. The zero-order valence-electron chi connectivity index (χ0n) is 13.6. The highest BCUT2D eigenvalue weighted by molar-refractivity contribution is 6.30. The molecule has 2 N–H and O–H groups in total. The summed E-state index contributed by atoms with van der Waals surface area (Å²) >= 11 is 6.11. The molecule has 0 saturated heterocycles. The number of halogens is 1. The van der Waals surface area contributed by atoms with Crippen LogP contribution in [0.1, 0.15) is 23.0 Å². The topological polar surface area (TPSA) is 83.0 Å². The second kappa shape index (κ2) is 7.36. The number of hydrogen-bond acceptors (Lipinski definition) is 4. The van der Waals surface area contributed by atoms with Crippen LogP contribution in [0.4, 0.5) is 0 Å². The lowest BCUT2D eigenvalue weighted by Gasteiger charge is -2.12. The Labute approximate surface area is 150 Å². The lowest BCUT2D eigenvalue weighted by molar-refractivity contribution is 0.0996. The summed E-state index contributed by atoms with van der Waals surface area (Å²) < 4.78 is 7.41. The summed E-state index contributed by atoms with van der Waals surface area (Å²) in [6.45, 7) is 2.94. The fourth-order valence-electron chi connectivity index (χ4n) is 2.48. The third kappa shape index (κ3) is 3.97. The van der Waals surface area contributed by atoms with E-state index in [-0.39, 0.29) is 5.69 Å². The first-order valence-corrected chi connectivity index (χ1v) is 8.14. The largest absolute Gasteiger partial charge is 0.478 e. The average molecular weight is 357 g/mol. The van der Waals surface area contributed by atoms with Crippen LogP contribution in [-0.2, 0) is 6.54 Å². The Morgan fingerprint density at radius 2 is 2.16 bits per heavy atom. The SMILES string of the molecule is CCOc1ncc(Cn2cnc(C(N)=O)c2)cc1-c1cccc(Cl)c1. The quantitative estimate of drug-likeness (QED) is 0.735. The highest BCUT2D eigenvalue weighted by atomic mass is 35.5. The molecule has 0 atom stereocenters. The second-order valence-corrected chi connectivity index (χ2v) is 5.87. The van der Waals surface area contributed by atoms with Crippen molar-refractivity contribution >= 4 is 17.5 Å². The van der Waals surface area contributed by atoms with Crippen molar-refractivity contribution in [2.24, 2.45) is 5.73 Å². The minimum atomic E-state index is -0.553. The number of benzene rings is 1. The zero-order valence-corrected chi connectivity index (χ0v) is 14.4. The van der Waals surface area contributed by atoms with Crippen LogP contribution in [0.5, 0.6) is 5.88 Å². The summed E-state index contributed by atoms with van der Waals surface area (Å²) in [7, 11) is 0. The van der Waals surface area contributed by atoms with Gasteiger partial charge in [0.15, 0.2) is 0 Å². The van der Waals surface area contributed by atoms with Crippen LogP contribution in [0.2, 0.25) is 5.02 Å². The normalized spacial score (nSPS) is 10.6. The van der Waals surface area contributed by atoms with E-state index in [1.54, 1.807) is 23.3 Å². The van der Waals surface area contributed by atoms with E-state index in [0.29, 0.717) is 24.1 Å². The van der Waals surface area contributed by atoms with Gasteiger partial charge in [-0.3, -0.25) is 4.79 Å². The third-order valence-corrected chi connectivity index (χ3v) is 3.81. The maximum Gasteiger partial charge on any atom is 0.268 e. The van der Waals surface area contributed by atoms with Gasteiger partial charge in [0.2, 0.25) is 5.88 Å². The van der Waals surface area contributed by atoms with E-state index in [1.165, 1.54) is 0 Å². The number of carbonyl (C=O) groups is 1. The number of rotatable bonds is 6. The number of hydrogen-bond donors (Lipinski definition) is 1. The smallest absolute Gasteiger partial charge is 0.268 e. The molecule has 0 fully saturated rings. The zero-order chi connectivity index (χ0) is 17.8. The lowest BCUT2D eigenvalue weighted by Crippen LogP contribution is -2.11. The summed E-state index contributed by atoms with van der Waals surface area (Å²) in [5.74, 6) is 0.000146. The summed E-state index contributed by atoms with van der Waals surface area (Å²) in [5.41, 5.74) is 8.18. The number of nitrogens with two attached hydrogens (primary N) is 1. The van der Waals surface area contributed by atoms with Gasteiger partial charge in [0, 0.05) is 23.0 Å². The van der Waals surface area contributed by atoms with E-state index in [4.69, 9.17) is 22.1 Å². The van der Waals surface area contributed by atoms with Gasteiger partial charge in [-0.1, -0.05) is 23.7 Å². The molecular weight excluding hydrogens is 340 g/mol. The number of amides is 1. The van der Waals surface area contributed by atoms with E-state index < -0.39 is 5.91 Å². The minimum absolute atomic E-state index is 0.231. The van der Waals surface area contributed by atoms with Crippen molar-refractivity contribution in [1.29, 1.82) is 0 Å². The van der Waals surface area contributed by atoms with Crippen molar-refractivity contribution in [1.82, 2.24) is 14.5 Å². The van der Waals surface area contributed by atoms with Gasteiger partial charge in [-0.25, -0.2) is 9.97 Å². The Bertz CT molecular complexity index is 908. The van der Waals surface area contributed by atoms with Crippen LogP contribution in [0.25, 0.3) is 11.1 Å². The van der Waals surface area contributed by atoms with Crippen LogP contribution in [0, 0.1) is 0 Å². The Kier molecular flexibility index (Phi) is 5.00. The average Bonchev–Trinajstić information content (AvgIpc) is 3.05. The maximum atomic E-state index is 11.2. The van der Waals surface area contributed by atoms with Gasteiger partial charge in [0.05, 0.1) is 19.5 Å². The van der Waals surface area contributed by atoms with Gasteiger partial charge in [-0.2, -0.15) is 0 Å². The van der Waals surface area contributed by atoms with Gasteiger partial charge in [0.25, 0.3) is 5.91 Å². The van der Waals surface area contributed by atoms with Crippen molar-refractivity contribution in [3.05, 3.63) is 65.3 Å². The number of nitrogens with zero attached hydrogens (tertiary/aromatic N) is 3. The van der Waals surface area contributed by atoms with Crippen molar-refractivity contribution in [3.63, 3.8) is 0 Å². The lowest BCUT2D eigenvalue weighted by atomic mass is 10.1. The first-order valence-electron chi connectivity index (χ1n) is 7.76. The van der Waals surface area contributed by atoms with E-state index in [0.717, 1.165) is 16.7 Å². The van der Waals surface area contributed by atoms with Crippen molar-refractivity contribution in [2.45, 2.75) is 13.5 Å². The third-order valence-electron chi connectivity index (χ3n) is 3.58. The molecule has 0 radical (unpaired) electrons. The van der Waals surface area contributed by atoms with Gasteiger partial charge in [-0.05, 0) is 36.2 Å². The molecule has 3 aromatic rings. The molecule has 0 unspecified atom stereocenters. The number of carbonyl (C=O) groups excluding carboxylic acids is 1. The molecule has 0 aliphatic heterocycles. The Morgan fingerprint density at radius 3 is 2.84 bits per heavy atom. The molecule has 128 valence electrons. The van der Waals surface area contributed by atoms with Gasteiger partial charge in [-0.15, -0.1) is 0 Å². The summed E-state index contributed by atoms with van der Waals surface area (Å²) in [6, 6.07) is 9.52. The molecule has 0 saturated carbocycles. The predicted molar refractivity (Wildman–Crippen MR) is 95.7 cm³/mol. The van der Waals surface area contributed by atoms with Gasteiger partial charge >= 0.3 is 0 Å². The number of aromatic nitrogens is 3. The van der Waals surface area contributed by atoms with E-state index >= 15 is 0 Å². The first kappa shape index (κ1) is 17.0. The molecule has 2 aromatic heterocycles. The number of pyridine rings is 1. The molecule has 0 bridgehead atoms. The molecular formula is C18H17ClN4O2. The highest BCUT2D eigenvalue weighted by Crippen LogP contribution is 2.31. The molecule has 0 aliphatic rings.